The van der Waals surface area contributed by atoms with Crippen LogP contribution in [0.2, 0.25) is 0 Å². The van der Waals surface area contributed by atoms with Crippen molar-refractivity contribution >= 4 is 17.7 Å². The molecule has 0 radical (unpaired) electrons. The minimum Gasteiger partial charge on any atom is -0.391 e. The third-order valence-electron chi connectivity index (χ3n) is 3.92. The molecule has 0 aromatic heterocycles. The van der Waals surface area contributed by atoms with Crippen LogP contribution in [0.3, 0.4) is 0 Å². The predicted octanol–water partition coefficient (Wildman–Crippen LogP) is -1.78. The molecule has 1 unspecified atom stereocenters. The van der Waals surface area contributed by atoms with E-state index in [2.05, 4.69) is 10.6 Å². The molecule has 0 aromatic rings. The van der Waals surface area contributed by atoms with Crippen LogP contribution in [0.5, 0.6) is 0 Å². The van der Waals surface area contributed by atoms with E-state index in [0.29, 0.717) is 19.5 Å². The number of β-lactam (4-membered cyclic amide) rings is 1. The summed E-state index contributed by atoms with van der Waals surface area (Å²) < 4.78 is 0. The van der Waals surface area contributed by atoms with Gasteiger partial charge in [-0.1, -0.05) is 0 Å². The molecule has 1 spiro atoms. The average Bonchev–Trinajstić information content (AvgIpc) is 2.37. The third kappa shape index (κ3) is 2.18. The van der Waals surface area contributed by atoms with E-state index in [-0.39, 0.29) is 18.2 Å². The number of carbonyl (C=O) groups is 3. The summed E-state index contributed by atoms with van der Waals surface area (Å²) in [6, 6.07) is -0.881. The lowest BCUT2D eigenvalue weighted by Gasteiger charge is -2.53. The van der Waals surface area contributed by atoms with Crippen molar-refractivity contribution < 1.29 is 19.5 Å². The number of likely N-dealkylation sites (N-methyl/N-ethyl adjacent to an activating group) is 1. The molecule has 19 heavy (non-hydrogen) atoms. The lowest BCUT2D eigenvalue weighted by molar-refractivity contribution is -0.176. The zero-order valence-corrected chi connectivity index (χ0v) is 11.1. The van der Waals surface area contributed by atoms with E-state index in [4.69, 9.17) is 0 Å². The van der Waals surface area contributed by atoms with Gasteiger partial charge in [0, 0.05) is 26.6 Å². The van der Waals surface area contributed by atoms with E-state index in [0.717, 1.165) is 0 Å². The maximum Gasteiger partial charge on any atom is 0.245 e. The van der Waals surface area contributed by atoms with Gasteiger partial charge < -0.3 is 20.6 Å². The minimum atomic E-state index is -0.946. The summed E-state index contributed by atoms with van der Waals surface area (Å²) in [6.07, 6.45) is -0.185. The fourth-order valence-corrected chi connectivity index (χ4v) is 2.89. The number of hydrogen-bond acceptors (Lipinski definition) is 4. The molecule has 0 bridgehead atoms. The van der Waals surface area contributed by atoms with E-state index in [9.17, 15) is 19.5 Å². The number of carbonyl (C=O) groups excluding carboxylic acids is 3. The van der Waals surface area contributed by atoms with Crippen LogP contribution < -0.4 is 10.6 Å². The summed E-state index contributed by atoms with van der Waals surface area (Å²) >= 11 is 0. The van der Waals surface area contributed by atoms with Crippen LogP contribution >= 0.6 is 0 Å². The number of piperidine rings is 1. The molecule has 2 saturated heterocycles. The molecule has 0 saturated carbocycles. The monoisotopic (exact) mass is 269 g/mol. The van der Waals surface area contributed by atoms with Crippen molar-refractivity contribution in [1.29, 1.82) is 0 Å². The van der Waals surface area contributed by atoms with Crippen LogP contribution in [0.15, 0.2) is 0 Å². The summed E-state index contributed by atoms with van der Waals surface area (Å²) in [5, 5.41) is 14.8. The van der Waals surface area contributed by atoms with Crippen molar-refractivity contribution in [2.45, 2.75) is 31.9 Å². The zero-order valence-electron chi connectivity index (χ0n) is 11.1. The molecule has 2 fully saturated rings. The number of nitrogens with zero attached hydrogens (tertiary/aromatic N) is 1. The Morgan fingerprint density at radius 2 is 2.21 bits per heavy atom. The number of likely N-dealkylation sites (tertiary alicyclic amines) is 1. The van der Waals surface area contributed by atoms with Gasteiger partial charge in [-0.2, -0.15) is 0 Å². The largest absolute Gasteiger partial charge is 0.391 e. The molecule has 0 aliphatic carbocycles. The summed E-state index contributed by atoms with van der Waals surface area (Å²) in [5.41, 5.74) is -0.663. The van der Waals surface area contributed by atoms with E-state index >= 15 is 0 Å². The Labute approximate surface area is 111 Å². The molecule has 2 heterocycles. The summed E-state index contributed by atoms with van der Waals surface area (Å²) in [7, 11) is 1.46. The highest BCUT2D eigenvalue weighted by Gasteiger charge is 2.57. The van der Waals surface area contributed by atoms with Crippen LogP contribution in [-0.4, -0.2) is 60.0 Å². The van der Waals surface area contributed by atoms with Gasteiger partial charge in [-0.05, 0) is 13.3 Å². The molecule has 2 rings (SSSR count). The van der Waals surface area contributed by atoms with Gasteiger partial charge >= 0.3 is 0 Å². The molecule has 106 valence electrons. The Hall–Kier alpha value is -1.63. The van der Waals surface area contributed by atoms with Crippen LogP contribution in [0.25, 0.3) is 0 Å². The highest BCUT2D eigenvalue weighted by Crippen LogP contribution is 2.41. The second kappa shape index (κ2) is 4.80. The smallest absolute Gasteiger partial charge is 0.245 e. The van der Waals surface area contributed by atoms with Crippen molar-refractivity contribution in [1.82, 2.24) is 15.5 Å². The number of hydrogen-bond donors (Lipinski definition) is 3. The first-order chi connectivity index (χ1) is 8.91. The molecule has 2 aliphatic heterocycles. The second-order valence-electron chi connectivity index (χ2n) is 5.29. The Balaban J connectivity index is 2.11. The standard InChI is InChI=1S/C12H19N3O4/c1-7(16)9(10(18)13-2)15-6-12(11(15)19)3-4-14-8(17)5-12/h7,9,16H,3-6H2,1-2H3,(H,13,18)(H,14,17)/t7-,9+,12?/m1/s1. The Kier molecular flexibility index (Phi) is 3.49. The lowest BCUT2D eigenvalue weighted by atomic mass is 9.70. The van der Waals surface area contributed by atoms with Crippen LogP contribution in [-0.2, 0) is 14.4 Å². The molecular formula is C12H19N3O4. The maximum atomic E-state index is 12.3. The Morgan fingerprint density at radius 1 is 1.53 bits per heavy atom. The van der Waals surface area contributed by atoms with Crippen molar-refractivity contribution in [2.24, 2.45) is 5.41 Å². The Bertz CT molecular complexity index is 423. The highest BCUT2D eigenvalue weighted by molar-refractivity contribution is 5.98. The van der Waals surface area contributed by atoms with E-state index in [1.165, 1.54) is 18.9 Å². The van der Waals surface area contributed by atoms with E-state index in [1.807, 2.05) is 0 Å². The summed E-state index contributed by atoms with van der Waals surface area (Å²) in [6.45, 7) is 2.31. The number of rotatable bonds is 3. The van der Waals surface area contributed by atoms with Gasteiger partial charge in [0.05, 0.1) is 11.5 Å². The lowest BCUT2D eigenvalue weighted by Crippen LogP contribution is -2.71. The third-order valence-corrected chi connectivity index (χ3v) is 3.92. The van der Waals surface area contributed by atoms with Crippen molar-refractivity contribution in [3.8, 4) is 0 Å². The van der Waals surface area contributed by atoms with Gasteiger partial charge in [0.1, 0.15) is 6.04 Å². The molecule has 7 nitrogen and oxygen atoms in total. The molecular weight excluding hydrogens is 250 g/mol. The van der Waals surface area contributed by atoms with Crippen LogP contribution in [0.4, 0.5) is 0 Å². The summed E-state index contributed by atoms with van der Waals surface area (Å²) in [5.74, 6) is -0.733. The first-order valence-corrected chi connectivity index (χ1v) is 6.39. The molecule has 7 heteroatoms. The number of amides is 3. The van der Waals surface area contributed by atoms with Gasteiger partial charge in [-0.25, -0.2) is 0 Å². The normalized spacial score (nSPS) is 29.5. The molecule has 3 atom stereocenters. The zero-order chi connectivity index (χ0) is 14.2. The fraction of sp³-hybridized carbons (Fsp3) is 0.750. The summed E-state index contributed by atoms with van der Waals surface area (Å²) in [4.78, 5) is 36.8. The highest BCUT2D eigenvalue weighted by atomic mass is 16.3. The Morgan fingerprint density at radius 3 is 2.68 bits per heavy atom. The number of nitrogens with one attached hydrogen (secondary N) is 2. The first-order valence-electron chi connectivity index (χ1n) is 6.39. The molecule has 3 amide bonds. The van der Waals surface area contributed by atoms with Crippen molar-refractivity contribution in [3.63, 3.8) is 0 Å². The molecule has 2 aliphatic rings. The predicted molar refractivity (Wildman–Crippen MR) is 65.9 cm³/mol. The SMILES string of the molecule is CNC(=O)[C@H]([C@@H](C)O)N1CC2(CCNC(=O)C2)C1=O. The minimum absolute atomic E-state index is 0.132. The van der Waals surface area contributed by atoms with E-state index < -0.39 is 23.5 Å². The second-order valence-corrected chi connectivity index (χ2v) is 5.29. The van der Waals surface area contributed by atoms with Gasteiger partial charge in [0.25, 0.3) is 0 Å². The van der Waals surface area contributed by atoms with E-state index in [1.54, 1.807) is 0 Å². The maximum absolute atomic E-state index is 12.3. The number of aliphatic hydroxyl groups is 1. The average molecular weight is 269 g/mol. The van der Waals surface area contributed by atoms with Gasteiger partial charge in [-0.15, -0.1) is 0 Å². The van der Waals surface area contributed by atoms with Crippen molar-refractivity contribution in [2.75, 3.05) is 20.1 Å². The molecule has 0 aromatic carbocycles. The first kappa shape index (κ1) is 13.8. The number of aliphatic hydroxyl groups excluding tert-OH is 1. The molecule has 3 N–H and O–H groups in total. The fourth-order valence-electron chi connectivity index (χ4n) is 2.89. The van der Waals surface area contributed by atoms with Gasteiger partial charge in [0.2, 0.25) is 17.7 Å². The topological polar surface area (TPSA) is 98.7 Å². The quantitative estimate of drug-likeness (QED) is 0.528. The van der Waals surface area contributed by atoms with Crippen LogP contribution in [0, 0.1) is 5.41 Å². The van der Waals surface area contributed by atoms with Gasteiger partial charge in [-0.3, -0.25) is 14.4 Å². The van der Waals surface area contributed by atoms with Gasteiger partial charge in [0.15, 0.2) is 0 Å². The van der Waals surface area contributed by atoms with Crippen LogP contribution in [0.1, 0.15) is 19.8 Å². The van der Waals surface area contributed by atoms with Crippen molar-refractivity contribution in [3.05, 3.63) is 0 Å².